The third-order valence-electron chi connectivity index (χ3n) is 3.96. The molecule has 2 unspecified atom stereocenters. The molecule has 0 amide bonds. The van der Waals surface area contributed by atoms with E-state index in [9.17, 15) is 5.11 Å². The van der Waals surface area contributed by atoms with Gasteiger partial charge in [0.25, 0.3) is 0 Å². The van der Waals surface area contributed by atoms with E-state index in [0.29, 0.717) is 35.8 Å². The number of nitrogens with one attached hydrogen (secondary N) is 1. The van der Waals surface area contributed by atoms with Crippen LogP contribution in [-0.4, -0.2) is 34.8 Å². The first-order valence-corrected chi connectivity index (χ1v) is 7.34. The van der Waals surface area contributed by atoms with E-state index in [2.05, 4.69) is 15.3 Å². The van der Waals surface area contributed by atoms with E-state index < -0.39 is 0 Å². The maximum atomic E-state index is 9.43. The first-order chi connectivity index (χ1) is 9.76. The Morgan fingerprint density at radius 1 is 1.35 bits per heavy atom. The van der Waals surface area contributed by atoms with Gasteiger partial charge in [0, 0.05) is 13.2 Å². The normalized spacial score (nSPS) is 22.5. The molecule has 1 aromatic rings. The zero-order valence-corrected chi connectivity index (χ0v) is 12.0. The molecule has 2 rings (SSSR count). The second-order valence-electron chi connectivity index (χ2n) is 5.24. The maximum Gasteiger partial charge on any atom is 0.242 e. The fraction of sp³-hybridized carbons (Fsp3) is 0.714. The number of anilines is 2. The summed E-state index contributed by atoms with van der Waals surface area (Å²) in [5.74, 6) is 1.89. The number of hydrogen-bond donors (Lipinski definition) is 3. The fourth-order valence-electron chi connectivity index (χ4n) is 2.79. The lowest BCUT2D eigenvalue weighted by molar-refractivity contribution is 0.141. The van der Waals surface area contributed by atoms with Crippen LogP contribution in [-0.2, 0) is 0 Å². The molecule has 6 nitrogen and oxygen atoms in total. The maximum absolute atomic E-state index is 9.43. The van der Waals surface area contributed by atoms with Gasteiger partial charge in [0.2, 0.25) is 5.88 Å². The Morgan fingerprint density at radius 2 is 2.10 bits per heavy atom. The molecule has 0 radical (unpaired) electrons. The fourth-order valence-corrected chi connectivity index (χ4v) is 2.79. The van der Waals surface area contributed by atoms with Crippen LogP contribution in [0.15, 0.2) is 6.33 Å². The summed E-state index contributed by atoms with van der Waals surface area (Å²) in [6.45, 7) is 3.45. The number of nitrogen functional groups attached to an aromatic ring is 1. The molecule has 6 heteroatoms. The molecule has 20 heavy (non-hydrogen) atoms. The third-order valence-corrected chi connectivity index (χ3v) is 3.96. The van der Waals surface area contributed by atoms with Crippen LogP contribution in [0.2, 0.25) is 0 Å². The van der Waals surface area contributed by atoms with Crippen LogP contribution in [0.4, 0.5) is 11.5 Å². The van der Waals surface area contributed by atoms with Crippen LogP contribution in [0.3, 0.4) is 0 Å². The summed E-state index contributed by atoms with van der Waals surface area (Å²) in [5.41, 5.74) is 6.44. The van der Waals surface area contributed by atoms with Crippen LogP contribution in [0.25, 0.3) is 0 Å². The van der Waals surface area contributed by atoms with Gasteiger partial charge in [-0.15, -0.1) is 0 Å². The number of aliphatic hydroxyl groups is 1. The highest BCUT2D eigenvalue weighted by Gasteiger charge is 2.24. The van der Waals surface area contributed by atoms with Crippen molar-refractivity contribution >= 4 is 11.5 Å². The lowest BCUT2D eigenvalue weighted by atomic mass is 9.79. The Balaban J connectivity index is 1.97. The Morgan fingerprint density at radius 3 is 2.80 bits per heavy atom. The van der Waals surface area contributed by atoms with Crippen LogP contribution in [0, 0.1) is 11.8 Å². The van der Waals surface area contributed by atoms with Gasteiger partial charge in [-0.25, -0.2) is 4.98 Å². The van der Waals surface area contributed by atoms with Gasteiger partial charge < -0.3 is 20.9 Å². The average molecular weight is 280 g/mol. The number of aromatic nitrogens is 2. The molecule has 2 atom stereocenters. The van der Waals surface area contributed by atoms with Crippen molar-refractivity contribution in [3.8, 4) is 5.88 Å². The van der Waals surface area contributed by atoms with Gasteiger partial charge >= 0.3 is 0 Å². The summed E-state index contributed by atoms with van der Waals surface area (Å²) in [4.78, 5) is 8.18. The van der Waals surface area contributed by atoms with Crippen LogP contribution < -0.4 is 15.8 Å². The van der Waals surface area contributed by atoms with E-state index >= 15 is 0 Å². The molecular formula is C14H24N4O2. The second kappa shape index (κ2) is 7.28. The molecule has 1 aromatic heterocycles. The Hall–Kier alpha value is -1.56. The SMILES string of the molecule is CCOc1ncnc(NCC2CCCCC2CO)c1N. The van der Waals surface area contributed by atoms with Crippen molar-refractivity contribution in [2.24, 2.45) is 11.8 Å². The van der Waals surface area contributed by atoms with Gasteiger partial charge in [-0.1, -0.05) is 12.8 Å². The molecule has 0 aliphatic heterocycles. The average Bonchev–Trinajstić information content (AvgIpc) is 2.48. The number of nitrogens with two attached hydrogens (primary N) is 1. The molecule has 112 valence electrons. The molecule has 1 fully saturated rings. The van der Waals surface area contributed by atoms with Crippen LogP contribution in [0.1, 0.15) is 32.6 Å². The first kappa shape index (κ1) is 14.8. The number of hydrogen-bond acceptors (Lipinski definition) is 6. The lowest BCUT2D eigenvalue weighted by Gasteiger charge is -2.30. The summed E-state index contributed by atoms with van der Waals surface area (Å²) in [5, 5.41) is 12.7. The number of nitrogens with zero attached hydrogens (tertiary/aromatic N) is 2. The minimum absolute atomic E-state index is 0.260. The van der Waals surface area contributed by atoms with Gasteiger partial charge in [-0.05, 0) is 31.6 Å². The van der Waals surface area contributed by atoms with Crippen molar-refractivity contribution in [1.29, 1.82) is 0 Å². The van der Waals surface area contributed by atoms with Gasteiger partial charge in [-0.2, -0.15) is 4.98 Å². The molecule has 0 aromatic carbocycles. The summed E-state index contributed by atoms with van der Waals surface area (Å²) >= 11 is 0. The minimum atomic E-state index is 0.260. The number of aliphatic hydroxyl groups excluding tert-OH is 1. The highest BCUT2D eigenvalue weighted by Crippen LogP contribution is 2.31. The van der Waals surface area contributed by atoms with Crippen LogP contribution in [0.5, 0.6) is 5.88 Å². The highest BCUT2D eigenvalue weighted by molar-refractivity contribution is 5.66. The van der Waals surface area contributed by atoms with Gasteiger partial charge in [0.15, 0.2) is 5.82 Å². The largest absolute Gasteiger partial charge is 0.476 e. The molecule has 1 aliphatic carbocycles. The van der Waals surface area contributed by atoms with Gasteiger partial charge in [0.1, 0.15) is 12.0 Å². The Kier molecular flexibility index (Phi) is 5.40. The molecule has 0 spiro atoms. The molecule has 1 heterocycles. The molecule has 4 N–H and O–H groups in total. The van der Waals surface area contributed by atoms with Crippen LogP contribution >= 0.6 is 0 Å². The predicted molar refractivity (Wildman–Crippen MR) is 78.6 cm³/mol. The third kappa shape index (κ3) is 3.50. The highest BCUT2D eigenvalue weighted by atomic mass is 16.5. The van der Waals surface area contributed by atoms with E-state index in [1.807, 2.05) is 6.92 Å². The van der Waals surface area contributed by atoms with Crippen molar-refractivity contribution in [1.82, 2.24) is 9.97 Å². The van der Waals surface area contributed by atoms with Crippen molar-refractivity contribution < 1.29 is 9.84 Å². The monoisotopic (exact) mass is 280 g/mol. The molecule has 0 bridgehead atoms. The Bertz CT molecular complexity index is 428. The summed E-state index contributed by atoms with van der Waals surface area (Å²) in [7, 11) is 0. The van der Waals surface area contributed by atoms with Crippen molar-refractivity contribution in [2.45, 2.75) is 32.6 Å². The van der Waals surface area contributed by atoms with Crippen molar-refractivity contribution in [3.05, 3.63) is 6.33 Å². The zero-order valence-electron chi connectivity index (χ0n) is 12.0. The van der Waals surface area contributed by atoms with E-state index in [-0.39, 0.29) is 6.61 Å². The topological polar surface area (TPSA) is 93.3 Å². The lowest BCUT2D eigenvalue weighted by Crippen LogP contribution is -2.29. The molecular weight excluding hydrogens is 256 g/mol. The quantitative estimate of drug-likeness (QED) is 0.734. The number of rotatable bonds is 6. The summed E-state index contributed by atoms with van der Waals surface area (Å²) in [6.07, 6.45) is 6.14. The summed E-state index contributed by atoms with van der Waals surface area (Å²) < 4.78 is 5.36. The van der Waals surface area contributed by atoms with Crippen molar-refractivity contribution in [2.75, 3.05) is 30.8 Å². The van der Waals surface area contributed by atoms with Gasteiger partial charge in [-0.3, -0.25) is 0 Å². The smallest absolute Gasteiger partial charge is 0.242 e. The van der Waals surface area contributed by atoms with Crippen molar-refractivity contribution in [3.63, 3.8) is 0 Å². The van der Waals surface area contributed by atoms with E-state index in [0.717, 1.165) is 19.4 Å². The predicted octanol–water partition coefficient (Wildman–Crippen LogP) is 1.67. The van der Waals surface area contributed by atoms with E-state index in [4.69, 9.17) is 10.5 Å². The standard InChI is InChI=1S/C14H24N4O2/c1-2-20-14-12(15)13(17-9-18-14)16-7-10-5-3-4-6-11(10)8-19/h9-11,19H,2-8,15H2,1H3,(H,16,17,18). The zero-order chi connectivity index (χ0) is 14.4. The number of ether oxygens (including phenoxy) is 1. The van der Waals surface area contributed by atoms with E-state index in [1.165, 1.54) is 19.2 Å². The summed E-state index contributed by atoms with van der Waals surface area (Å²) in [6, 6.07) is 0. The molecule has 1 aliphatic rings. The molecule has 1 saturated carbocycles. The van der Waals surface area contributed by atoms with E-state index in [1.54, 1.807) is 0 Å². The Labute approximate surface area is 119 Å². The first-order valence-electron chi connectivity index (χ1n) is 7.34. The minimum Gasteiger partial charge on any atom is -0.476 e. The molecule has 0 saturated heterocycles. The second-order valence-corrected chi connectivity index (χ2v) is 5.24. The van der Waals surface area contributed by atoms with Gasteiger partial charge in [0.05, 0.1) is 6.61 Å².